The Morgan fingerprint density at radius 2 is 1.93 bits per heavy atom. The van der Waals surface area contributed by atoms with Crippen LogP contribution in [0.4, 0.5) is 4.79 Å². The van der Waals surface area contributed by atoms with E-state index in [1.807, 2.05) is 30.3 Å². The fourth-order valence-electron chi connectivity index (χ4n) is 4.06. The predicted molar refractivity (Wildman–Crippen MR) is 103 cm³/mol. The number of amides is 4. The Hall–Kier alpha value is -2.37. The monoisotopic (exact) mass is 371 g/mol. The highest BCUT2D eigenvalue weighted by molar-refractivity contribution is 6.06. The molecule has 2 aliphatic rings. The van der Waals surface area contributed by atoms with Crippen molar-refractivity contribution in [1.82, 2.24) is 15.5 Å². The van der Waals surface area contributed by atoms with Gasteiger partial charge in [0.1, 0.15) is 12.6 Å². The van der Waals surface area contributed by atoms with Crippen molar-refractivity contribution in [1.29, 1.82) is 0 Å². The Balaban J connectivity index is 1.51. The van der Waals surface area contributed by atoms with Gasteiger partial charge in [-0.2, -0.15) is 0 Å². The van der Waals surface area contributed by atoms with Gasteiger partial charge in [-0.05, 0) is 36.7 Å². The number of carbonyl (C=O) groups is 3. The summed E-state index contributed by atoms with van der Waals surface area (Å²) in [6, 6.07) is 8.94. The summed E-state index contributed by atoms with van der Waals surface area (Å²) in [6.07, 6.45) is 4.47. The fourth-order valence-corrected chi connectivity index (χ4v) is 4.06. The van der Waals surface area contributed by atoms with Crippen molar-refractivity contribution in [3.63, 3.8) is 0 Å². The Morgan fingerprint density at radius 1 is 1.19 bits per heavy atom. The molecule has 1 aromatic carbocycles. The summed E-state index contributed by atoms with van der Waals surface area (Å²) in [5, 5.41) is 5.73. The molecule has 4 amide bonds. The van der Waals surface area contributed by atoms with Gasteiger partial charge in [-0.3, -0.25) is 14.5 Å². The van der Waals surface area contributed by atoms with Crippen LogP contribution in [0.25, 0.3) is 0 Å². The zero-order chi connectivity index (χ0) is 19.4. The molecule has 2 fully saturated rings. The number of aryl methyl sites for hydroxylation is 1. The Kier molecular flexibility index (Phi) is 6.14. The third kappa shape index (κ3) is 4.67. The zero-order valence-electron chi connectivity index (χ0n) is 16.1. The van der Waals surface area contributed by atoms with E-state index in [4.69, 9.17) is 0 Å². The van der Waals surface area contributed by atoms with Crippen LogP contribution in [0.1, 0.15) is 45.1 Å². The van der Waals surface area contributed by atoms with E-state index in [-0.39, 0.29) is 24.4 Å². The highest BCUT2D eigenvalue weighted by atomic mass is 16.2. The average Bonchev–Trinajstić information content (AvgIpc) is 2.92. The predicted octanol–water partition coefficient (Wildman–Crippen LogP) is 2.48. The van der Waals surface area contributed by atoms with Gasteiger partial charge in [0.2, 0.25) is 5.91 Å². The molecule has 1 heterocycles. The maximum atomic E-state index is 12.5. The largest absolute Gasteiger partial charge is 0.352 e. The van der Waals surface area contributed by atoms with Crippen molar-refractivity contribution in [2.24, 2.45) is 11.8 Å². The van der Waals surface area contributed by atoms with Crippen LogP contribution in [0.2, 0.25) is 0 Å². The van der Waals surface area contributed by atoms with Gasteiger partial charge in [0, 0.05) is 6.04 Å². The van der Waals surface area contributed by atoms with E-state index in [0.29, 0.717) is 24.7 Å². The maximum absolute atomic E-state index is 12.5. The van der Waals surface area contributed by atoms with Gasteiger partial charge < -0.3 is 10.6 Å². The molecule has 1 saturated heterocycles. The first kappa shape index (κ1) is 19.4. The molecule has 1 aliphatic carbocycles. The van der Waals surface area contributed by atoms with Crippen molar-refractivity contribution in [3.05, 3.63) is 35.9 Å². The average molecular weight is 371 g/mol. The fraction of sp³-hybridized carbons (Fsp3) is 0.571. The summed E-state index contributed by atoms with van der Waals surface area (Å²) < 4.78 is 0. The van der Waals surface area contributed by atoms with Gasteiger partial charge in [0.15, 0.2) is 0 Å². The highest BCUT2D eigenvalue weighted by Gasteiger charge is 2.39. The molecule has 0 bridgehead atoms. The van der Waals surface area contributed by atoms with Crippen LogP contribution < -0.4 is 10.6 Å². The summed E-state index contributed by atoms with van der Waals surface area (Å²) in [5.41, 5.74) is 1.12. The Morgan fingerprint density at radius 3 is 2.67 bits per heavy atom. The number of imide groups is 1. The van der Waals surface area contributed by atoms with Crippen LogP contribution in [-0.2, 0) is 16.0 Å². The number of hydrogen-bond donors (Lipinski definition) is 2. The molecule has 27 heavy (non-hydrogen) atoms. The van der Waals surface area contributed by atoms with E-state index in [2.05, 4.69) is 24.5 Å². The van der Waals surface area contributed by atoms with Crippen LogP contribution >= 0.6 is 0 Å². The maximum Gasteiger partial charge on any atom is 0.325 e. The summed E-state index contributed by atoms with van der Waals surface area (Å²) in [6.45, 7) is 4.16. The molecule has 0 unspecified atom stereocenters. The molecule has 0 aromatic heterocycles. The van der Waals surface area contributed by atoms with E-state index in [0.717, 1.165) is 23.3 Å². The number of urea groups is 1. The first-order valence-corrected chi connectivity index (χ1v) is 9.91. The molecule has 6 heteroatoms. The molecule has 3 rings (SSSR count). The second-order valence-electron chi connectivity index (χ2n) is 7.89. The standard InChI is InChI=1S/C21H29N3O3/c1-14-7-6-10-17(15(14)2)22-19(25)13-24-20(26)18(23-21(24)27)12-11-16-8-4-3-5-9-16/h3-5,8-9,14-15,17-18H,6-7,10-13H2,1-2H3,(H,22,25)(H,23,27)/t14-,15+,17-,18-/m0/s1. The Bertz CT molecular complexity index is 691. The van der Waals surface area contributed by atoms with E-state index < -0.39 is 12.1 Å². The van der Waals surface area contributed by atoms with Gasteiger partial charge in [-0.1, -0.05) is 57.0 Å². The van der Waals surface area contributed by atoms with Crippen LogP contribution in [0.3, 0.4) is 0 Å². The lowest BCUT2D eigenvalue weighted by atomic mass is 9.78. The van der Waals surface area contributed by atoms with Gasteiger partial charge in [0.25, 0.3) is 5.91 Å². The summed E-state index contributed by atoms with van der Waals surface area (Å²) >= 11 is 0. The molecule has 0 spiro atoms. The van der Waals surface area contributed by atoms with E-state index >= 15 is 0 Å². The number of nitrogens with zero attached hydrogens (tertiary/aromatic N) is 1. The molecule has 1 aliphatic heterocycles. The first-order chi connectivity index (χ1) is 13.0. The van der Waals surface area contributed by atoms with Crippen molar-refractivity contribution in [3.8, 4) is 0 Å². The van der Waals surface area contributed by atoms with E-state index in [1.165, 1.54) is 6.42 Å². The number of nitrogens with one attached hydrogen (secondary N) is 2. The SMILES string of the molecule is C[C@H]1[C@@H](NC(=O)CN2C(=O)N[C@@H](CCc3ccccc3)C2=O)CCC[C@@H]1C. The van der Waals surface area contributed by atoms with Gasteiger partial charge in [0.05, 0.1) is 0 Å². The number of benzene rings is 1. The topological polar surface area (TPSA) is 78.5 Å². The molecule has 1 aromatic rings. The van der Waals surface area contributed by atoms with E-state index in [1.54, 1.807) is 0 Å². The summed E-state index contributed by atoms with van der Waals surface area (Å²) in [4.78, 5) is 38.2. The number of hydrogen-bond acceptors (Lipinski definition) is 3. The molecular weight excluding hydrogens is 342 g/mol. The minimum atomic E-state index is -0.556. The van der Waals surface area contributed by atoms with Crippen molar-refractivity contribution < 1.29 is 14.4 Å². The third-order valence-electron chi connectivity index (χ3n) is 6.03. The third-order valence-corrected chi connectivity index (χ3v) is 6.03. The molecular formula is C21H29N3O3. The normalized spacial score (nSPS) is 28.1. The minimum Gasteiger partial charge on any atom is -0.352 e. The number of carbonyl (C=O) groups excluding carboxylic acids is 3. The lowest BCUT2D eigenvalue weighted by Crippen LogP contribution is -2.48. The summed E-state index contributed by atoms with van der Waals surface area (Å²) in [5.74, 6) is 0.414. The highest BCUT2D eigenvalue weighted by Crippen LogP contribution is 2.29. The molecule has 1 saturated carbocycles. The molecule has 0 radical (unpaired) electrons. The van der Waals surface area contributed by atoms with Crippen LogP contribution in [0, 0.1) is 11.8 Å². The van der Waals surface area contributed by atoms with Gasteiger partial charge in [-0.25, -0.2) is 4.79 Å². The lowest BCUT2D eigenvalue weighted by Gasteiger charge is -2.34. The van der Waals surface area contributed by atoms with Gasteiger partial charge in [-0.15, -0.1) is 0 Å². The van der Waals surface area contributed by atoms with Crippen molar-refractivity contribution >= 4 is 17.8 Å². The smallest absolute Gasteiger partial charge is 0.325 e. The minimum absolute atomic E-state index is 0.121. The van der Waals surface area contributed by atoms with Crippen molar-refractivity contribution in [2.75, 3.05) is 6.54 Å². The van der Waals surface area contributed by atoms with Gasteiger partial charge >= 0.3 is 6.03 Å². The van der Waals surface area contributed by atoms with Crippen LogP contribution in [0.15, 0.2) is 30.3 Å². The second-order valence-corrected chi connectivity index (χ2v) is 7.89. The summed E-state index contributed by atoms with van der Waals surface area (Å²) in [7, 11) is 0. The first-order valence-electron chi connectivity index (χ1n) is 9.91. The molecule has 2 N–H and O–H groups in total. The van der Waals surface area contributed by atoms with E-state index in [9.17, 15) is 14.4 Å². The quantitative estimate of drug-likeness (QED) is 0.754. The second kappa shape index (κ2) is 8.55. The lowest BCUT2D eigenvalue weighted by molar-refractivity contribution is -0.132. The van der Waals surface area contributed by atoms with Crippen molar-refractivity contribution in [2.45, 2.75) is 58.0 Å². The Labute approximate surface area is 160 Å². The van der Waals surface area contributed by atoms with Crippen LogP contribution in [0.5, 0.6) is 0 Å². The molecule has 6 nitrogen and oxygen atoms in total. The van der Waals surface area contributed by atoms with Crippen LogP contribution in [-0.4, -0.2) is 41.4 Å². The zero-order valence-corrected chi connectivity index (χ0v) is 16.1. The molecule has 146 valence electrons. The molecule has 4 atom stereocenters. The number of rotatable bonds is 6.